The number of anilines is 1. The molecule has 0 aromatic heterocycles. The summed E-state index contributed by atoms with van der Waals surface area (Å²) in [5.41, 5.74) is 6.68. The fourth-order valence-corrected chi connectivity index (χ4v) is 3.21. The van der Waals surface area contributed by atoms with Crippen LogP contribution in [0.5, 0.6) is 11.5 Å². The number of carbonyl (C=O) groups excluding carboxylic acids is 1. The Hall–Kier alpha value is -1.76. The van der Waals surface area contributed by atoms with Crippen molar-refractivity contribution in [2.24, 2.45) is 0 Å². The summed E-state index contributed by atoms with van der Waals surface area (Å²) in [6, 6.07) is 3.23. The molecule has 2 heterocycles. The predicted molar refractivity (Wildman–Crippen MR) is 70.8 cm³/mol. The van der Waals surface area contributed by atoms with Crippen LogP contribution in [0.4, 0.5) is 5.69 Å². The maximum atomic E-state index is 12.4. The largest absolute Gasteiger partial charge is 0.454 e. The molecule has 2 aliphatic heterocycles. The van der Waals surface area contributed by atoms with E-state index in [0.717, 1.165) is 0 Å². The number of hydrogen-bond donors (Lipinski definition) is 1. The molecule has 0 saturated carbocycles. The second-order valence-electron chi connectivity index (χ2n) is 4.43. The van der Waals surface area contributed by atoms with Gasteiger partial charge in [0.05, 0.1) is 5.56 Å². The molecule has 6 nitrogen and oxygen atoms in total. The fourth-order valence-electron chi connectivity index (χ4n) is 2.15. The number of rotatable bonds is 1. The minimum Gasteiger partial charge on any atom is -0.454 e. The van der Waals surface area contributed by atoms with Crippen molar-refractivity contribution in [2.45, 2.75) is 0 Å². The quantitative estimate of drug-likeness (QED) is 0.744. The van der Waals surface area contributed by atoms with Crippen molar-refractivity contribution >= 4 is 22.4 Å². The van der Waals surface area contributed by atoms with E-state index in [1.807, 2.05) is 0 Å². The Morgan fingerprint density at radius 1 is 1.21 bits per heavy atom. The van der Waals surface area contributed by atoms with Gasteiger partial charge in [-0.2, -0.15) is 0 Å². The molecule has 7 heteroatoms. The third kappa shape index (κ3) is 2.25. The monoisotopic (exact) mass is 282 g/mol. The molecule has 102 valence electrons. The fraction of sp³-hybridized carbons (Fsp3) is 0.417. The van der Waals surface area contributed by atoms with Gasteiger partial charge in [0.1, 0.15) is 0 Å². The second-order valence-corrected chi connectivity index (χ2v) is 6.13. The highest BCUT2D eigenvalue weighted by atomic mass is 32.2. The van der Waals surface area contributed by atoms with E-state index < -0.39 is 10.8 Å². The molecule has 1 aromatic rings. The standard InChI is InChI=1S/C12H14N2O4S/c13-9-6-11-10(17-7-18-11)5-8(9)12(15)14-1-3-19(16)4-2-14/h5-6H,1-4,7,13H2. The summed E-state index contributed by atoms with van der Waals surface area (Å²) in [6.07, 6.45) is 0. The SMILES string of the molecule is Nc1cc2c(cc1C(=O)N1CCS(=O)CC1)OCO2. The van der Waals surface area contributed by atoms with Gasteiger partial charge in [-0.3, -0.25) is 9.00 Å². The lowest BCUT2D eigenvalue weighted by molar-refractivity contribution is 0.0772. The van der Waals surface area contributed by atoms with Crippen molar-refractivity contribution in [1.29, 1.82) is 0 Å². The molecule has 0 bridgehead atoms. The molecule has 1 amide bonds. The van der Waals surface area contributed by atoms with E-state index in [0.29, 0.717) is 47.3 Å². The Morgan fingerprint density at radius 2 is 1.84 bits per heavy atom. The zero-order valence-corrected chi connectivity index (χ0v) is 11.1. The van der Waals surface area contributed by atoms with Crippen molar-refractivity contribution in [1.82, 2.24) is 4.90 Å². The molecule has 0 atom stereocenters. The molecule has 1 aromatic carbocycles. The summed E-state index contributed by atoms with van der Waals surface area (Å²) in [5.74, 6) is 2.01. The van der Waals surface area contributed by atoms with Gasteiger partial charge in [0.2, 0.25) is 6.79 Å². The number of ether oxygens (including phenoxy) is 2. The molecule has 2 N–H and O–H groups in total. The first-order chi connectivity index (χ1) is 9.15. The van der Waals surface area contributed by atoms with Crippen LogP contribution in [0.15, 0.2) is 12.1 Å². The molecule has 0 aliphatic carbocycles. The normalized spacial score (nSPS) is 18.6. The van der Waals surface area contributed by atoms with E-state index in [4.69, 9.17) is 15.2 Å². The van der Waals surface area contributed by atoms with Crippen LogP contribution in [0.2, 0.25) is 0 Å². The summed E-state index contributed by atoms with van der Waals surface area (Å²) >= 11 is 0. The van der Waals surface area contributed by atoms with Gasteiger partial charge in [0.15, 0.2) is 11.5 Å². The molecule has 0 unspecified atom stereocenters. The average molecular weight is 282 g/mol. The molecule has 19 heavy (non-hydrogen) atoms. The van der Waals surface area contributed by atoms with Gasteiger partial charge in [0, 0.05) is 47.1 Å². The molecule has 1 saturated heterocycles. The van der Waals surface area contributed by atoms with Crippen LogP contribution in [0.3, 0.4) is 0 Å². The number of nitrogen functional groups attached to an aromatic ring is 1. The molecule has 0 radical (unpaired) electrons. The molecule has 1 fully saturated rings. The van der Waals surface area contributed by atoms with Crippen LogP contribution >= 0.6 is 0 Å². The van der Waals surface area contributed by atoms with Gasteiger partial charge in [-0.25, -0.2) is 0 Å². The van der Waals surface area contributed by atoms with Crippen LogP contribution in [-0.2, 0) is 10.8 Å². The van der Waals surface area contributed by atoms with Crippen LogP contribution in [0.25, 0.3) is 0 Å². The lowest BCUT2D eigenvalue weighted by Gasteiger charge is -2.26. The summed E-state index contributed by atoms with van der Waals surface area (Å²) in [7, 11) is -0.809. The van der Waals surface area contributed by atoms with Crippen LogP contribution in [0.1, 0.15) is 10.4 Å². The number of nitrogens with two attached hydrogens (primary N) is 1. The van der Waals surface area contributed by atoms with E-state index in [2.05, 4.69) is 0 Å². The summed E-state index contributed by atoms with van der Waals surface area (Å²) in [4.78, 5) is 14.1. The summed E-state index contributed by atoms with van der Waals surface area (Å²) < 4.78 is 21.8. The number of fused-ring (bicyclic) bond motifs is 1. The van der Waals surface area contributed by atoms with Gasteiger partial charge in [-0.05, 0) is 6.07 Å². The van der Waals surface area contributed by atoms with Gasteiger partial charge in [-0.1, -0.05) is 0 Å². The zero-order valence-electron chi connectivity index (χ0n) is 10.3. The first-order valence-corrected chi connectivity index (χ1v) is 7.47. The van der Waals surface area contributed by atoms with E-state index in [1.165, 1.54) is 0 Å². The smallest absolute Gasteiger partial charge is 0.256 e. The number of benzene rings is 1. The first-order valence-electron chi connectivity index (χ1n) is 5.98. The van der Waals surface area contributed by atoms with E-state index in [1.54, 1.807) is 17.0 Å². The van der Waals surface area contributed by atoms with Gasteiger partial charge in [-0.15, -0.1) is 0 Å². The topological polar surface area (TPSA) is 81.9 Å². The highest BCUT2D eigenvalue weighted by molar-refractivity contribution is 7.85. The van der Waals surface area contributed by atoms with Crippen molar-refractivity contribution in [2.75, 3.05) is 37.1 Å². The van der Waals surface area contributed by atoms with E-state index >= 15 is 0 Å². The lowest BCUT2D eigenvalue weighted by Crippen LogP contribution is -2.42. The maximum Gasteiger partial charge on any atom is 0.256 e. The van der Waals surface area contributed by atoms with Gasteiger partial charge < -0.3 is 20.1 Å². The van der Waals surface area contributed by atoms with Crippen LogP contribution < -0.4 is 15.2 Å². The van der Waals surface area contributed by atoms with E-state index in [9.17, 15) is 9.00 Å². The van der Waals surface area contributed by atoms with Crippen LogP contribution in [-0.4, -0.2) is 46.4 Å². The molecule has 3 rings (SSSR count). The van der Waals surface area contributed by atoms with Crippen LogP contribution in [0, 0.1) is 0 Å². The molecule has 0 spiro atoms. The van der Waals surface area contributed by atoms with Crippen molar-refractivity contribution in [3.05, 3.63) is 17.7 Å². The number of carbonyl (C=O) groups is 1. The average Bonchev–Trinajstić information content (AvgIpc) is 2.85. The summed E-state index contributed by atoms with van der Waals surface area (Å²) in [6.45, 7) is 1.15. The first kappa shape index (κ1) is 12.3. The third-order valence-corrected chi connectivity index (χ3v) is 4.52. The lowest BCUT2D eigenvalue weighted by atomic mass is 10.1. The highest BCUT2D eigenvalue weighted by Crippen LogP contribution is 2.36. The maximum absolute atomic E-state index is 12.4. The number of hydrogen-bond acceptors (Lipinski definition) is 5. The summed E-state index contributed by atoms with van der Waals surface area (Å²) in [5, 5.41) is 0. The van der Waals surface area contributed by atoms with Crippen molar-refractivity contribution in [3.63, 3.8) is 0 Å². The highest BCUT2D eigenvalue weighted by Gasteiger charge is 2.25. The zero-order chi connectivity index (χ0) is 13.4. The molecular formula is C12H14N2O4S. The Morgan fingerprint density at radius 3 is 2.53 bits per heavy atom. The minimum atomic E-state index is -0.809. The third-order valence-electron chi connectivity index (χ3n) is 3.24. The molecule has 2 aliphatic rings. The molecular weight excluding hydrogens is 268 g/mol. The Balaban J connectivity index is 1.85. The Labute approximate surface area is 112 Å². The van der Waals surface area contributed by atoms with Crippen molar-refractivity contribution in [3.8, 4) is 11.5 Å². The Kier molecular flexibility index (Phi) is 3.06. The van der Waals surface area contributed by atoms with Gasteiger partial charge in [0.25, 0.3) is 5.91 Å². The second kappa shape index (κ2) is 4.73. The number of nitrogens with zero attached hydrogens (tertiary/aromatic N) is 1. The Bertz CT molecular complexity index is 551. The van der Waals surface area contributed by atoms with E-state index in [-0.39, 0.29) is 12.7 Å². The van der Waals surface area contributed by atoms with Gasteiger partial charge >= 0.3 is 0 Å². The minimum absolute atomic E-state index is 0.146. The predicted octanol–water partition coefficient (Wildman–Crippen LogP) is 0.202. The number of amides is 1. The van der Waals surface area contributed by atoms with Crippen molar-refractivity contribution < 1.29 is 18.5 Å².